The number of hydrogen-bond acceptors (Lipinski definition) is 4. The molecule has 1 aromatic heterocycles. The zero-order valence-electron chi connectivity index (χ0n) is 13.3. The summed E-state index contributed by atoms with van der Waals surface area (Å²) in [6.45, 7) is 1.95. The molecule has 0 radical (unpaired) electrons. The number of rotatable bonds is 4. The Kier molecular flexibility index (Phi) is 5.30. The number of benzene rings is 1. The second-order valence-corrected chi connectivity index (χ2v) is 8.35. The molecule has 1 saturated carbocycles. The maximum atomic E-state index is 12.8. The van der Waals surface area contributed by atoms with Crippen molar-refractivity contribution < 1.29 is 9.59 Å². The van der Waals surface area contributed by atoms with Gasteiger partial charge in [0.25, 0.3) is 0 Å². The van der Waals surface area contributed by atoms with E-state index in [9.17, 15) is 9.59 Å². The molecule has 24 heavy (non-hydrogen) atoms. The summed E-state index contributed by atoms with van der Waals surface area (Å²) < 4.78 is 0.838. The lowest BCUT2D eigenvalue weighted by Crippen LogP contribution is -2.22. The number of carbonyl (C=O) groups is 2. The smallest absolute Gasteiger partial charge is 0.307 e. The number of aryl methyl sites for hydroxylation is 1. The minimum atomic E-state index is -0.402. The van der Waals surface area contributed by atoms with Gasteiger partial charge in [0.05, 0.1) is 15.7 Å². The molecule has 1 aromatic carbocycles. The highest BCUT2D eigenvalue weighted by molar-refractivity contribution is 9.11. The summed E-state index contributed by atoms with van der Waals surface area (Å²) >= 11 is 4.63. The van der Waals surface area contributed by atoms with E-state index < -0.39 is 6.03 Å². The Morgan fingerprint density at radius 1 is 1.25 bits per heavy atom. The first-order chi connectivity index (χ1) is 11.5. The molecule has 5 nitrogen and oxygen atoms in total. The monoisotopic (exact) mass is 407 g/mol. The van der Waals surface area contributed by atoms with Gasteiger partial charge in [-0.05, 0) is 47.8 Å². The number of thiazole rings is 1. The Morgan fingerprint density at radius 2 is 2.00 bits per heavy atom. The molecular weight excluding hydrogens is 390 g/mol. The van der Waals surface area contributed by atoms with Gasteiger partial charge in [-0.2, -0.15) is 0 Å². The van der Waals surface area contributed by atoms with Crippen molar-refractivity contribution in [1.29, 1.82) is 0 Å². The number of hydrogen-bond donors (Lipinski definition) is 2. The third-order valence-corrected chi connectivity index (χ3v) is 5.50. The van der Waals surface area contributed by atoms with E-state index in [4.69, 9.17) is 0 Å². The number of aromatic nitrogens is 1. The normalized spacial score (nSPS) is 14.6. The van der Waals surface area contributed by atoms with Gasteiger partial charge in [0, 0.05) is 11.5 Å². The van der Waals surface area contributed by atoms with Crippen LogP contribution in [0.1, 0.15) is 41.6 Å². The number of nitrogens with one attached hydrogen (secondary N) is 2. The average Bonchev–Trinajstić information content (AvgIpc) is 3.20. The van der Waals surface area contributed by atoms with Gasteiger partial charge in [0.15, 0.2) is 10.9 Å². The highest BCUT2D eigenvalue weighted by Crippen LogP contribution is 2.31. The molecule has 1 aliphatic carbocycles. The predicted molar refractivity (Wildman–Crippen MR) is 99.9 cm³/mol. The minimum absolute atomic E-state index is 0.0744. The van der Waals surface area contributed by atoms with Gasteiger partial charge in [-0.25, -0.2) is 9.78 Å². The van der Waals surface area contributed by atoms with Crippen LogP contribution in [0, 0.1) is 12.8 Å². The second kappa shape index (κ2) is 7.44. The van der Waals surface area contributed by atoms with Crippen molar-refractivity contribution in [2.24, 2.45) is 5.92 Å². The van der Waals surface area contributed by atoms with Crippen LogP contribution >= 0.6 is 27.3 Å². The van der Waals surface area contributed by atoms with Gasteiger partial charge in [-0.3, -0.25) is 10.1 Å². The van der Waals surface area contributed by atoms with Crippen LogP contribution in [-0.2, 0) is 0 Å². The fourth-order valence-corrected chi connectivity index (χ4v) is 4.04. The maximum Gasteiger partial charge on any atom is 0.325 e. The fraction of sp³-hybridized carbons (Fsp3) is 0.353. The molecule has 1 fully saturated rings. The molecule has 0 unspecified atom stereocenters. The number of nitrogens with zero attached hydrogens (tertiary/aromatic N) is 1. The Bertz CT molecular complexity index is 769. The van der Waals surface area contributed by atoms with Crippen LogP contribution in [0.2, 0.25) is 0 Å². The summed E-state index contributed by atoms with van der Waals surface area (Å²) in [7, 11) is 0. The second-order valence-electron chi connectivity index (χ2n) is 5.94. The number of ketones is 1. The summed E-state index contributed by atoms with van der Waals surface area (Å²) in [6, 6.07) is 5.13. The van der Waals surface area contributed by atoms with Crippen molar-refractivity contribution in [2.45, 2.75) is 32.6 Å². The molecular formula is C17H18BrN3O2S. The summed E-state index contributed by atoms with van der Waals surface area (Å²) in [5.41, 5.74) is 2.15. The molecule has 2 aromatic rings. The highest BCUT2D eigenvalue weighted by Gasteiger charge is 2.26. The Labute approximate surface area is 153 Å². The number of urea groups is 1. The van der Waals surface area contributed by atoms with E-state index in [1.54, 1.807) is 12.3 Å². The number of amides is 2. The quantitative estimate of drug-likeness (QED) is 0.681. The maximum absolute atomic E-state index is 12.8. The number of halogens is 1. The molecule has 7 heteroatoms. The van der Waals surface area contributed by atoms with E-state index in [2.05, 4.69) is 31.5 Å². The van der Waals surface area contributed by atoms with Crippen molar-refractivity contribution in [1.82, 2.24) is 4.98 Å². The molecule has 0 aliphatic heterocycles. The van der Waals surface area contributed by atoms with Gasteiger partial charge in [0.2, 0.25) is 0 Å². The summed E-state index contributed by atoms with van der Waals surface area (Å²) in [4.78, 5) is 29.0. The third-order valence-electron chi connectivity index (χ3n) is 4.11. The lowest BCUT2D eigenvalue weighted by molar-refractivity contribution is 0.0923. The summed E-state index contributed by atoms with van der Waals surface area (Å²) in [5.74, 6) is 0.203. The molecule has 2 N–H and O–H groups in total. The molecule has 3 rings (SSSR count). The van der Waals surface area contributed by atoms with Crippen LogP contribution < -0.4 is 10.6 Å². The van der Waals surface area contributed by atoms with E-state index in [0.717, 1.165) is 35.0 Å². The van der Waals surface area contributed by atoms with Crippen molar-refractivity contribution in [3.05, 3.63) is 39.3 Å². The molecule has 1 aliphatic rings. The lowest BCUT2D eigenvalue weighted by Gasteiger charge is -2.14. The van der Waals surface area contributed by atoms with Gasteiger partial charge in [0.1, 0.15) is 0 Å². The first-order valence-electron chi connectivity index (χ1n) is 7.87. The third kappa shape index (κ3) is 4.02. The van der Waals surface area contributed by atoms with Crippen molar-refractivity contribution in [2.75, 3.05) is 10.6 Å². The van der Waals surface area contributed by atoms with Crippen molar-refractivity contribution in [3.63, 3.8) is 0 Å². The Morgan fingerprint density at radius 3 is 2.67 bits per heavy atom. The number of Topliss-reactive ketones (excluding diaryl/α,β-unsaturated/α-hetero) is 1. The predicted octanol–water partition coefficient (Wildman–Crippen LogP) is 5.23. The average molecular weight is 408 g/mol. The van der Waals surface area contributed by atoms with Gasteiger partial charge in [-0.1, -0.05) is 35.8 Å². The molecule has 0 bridgehead atoms. The zero-order chi connectivity index (χ0) is 17.1. The van der Waals surface area contributed by atoms with Crippen LogP contribution in [0.5, 0.6) is 0 Å². The largest absolute Gasteiger partial charge is 0.325 e. The lowest BCUT2D eigenvalue weighted by atomic mass is 9.94. The molecule has 126 valence electrons. The standard InChI is InChI=1S/C17H18BrN3O2S/c1-10-6-7-13(12(8-10)15(22)11-4-2-3-5-11)20-16(23)21-17-19-9-14(18)24-17/h6-9,11H,2-5H2,1H3,(H2,19,20,21,23). The molecule has 0 spiro atoms. The first kappa shape index (κ1) is 17.1. The van der Waals surface area contributed by atoms with E-state index in [1.807, 2.05) is 19.1 Å². The molecule has 1 heterocycles. The van der Waals surface area contributed by atoms with Gasteiger partial charge >= 0.3 is 6.03 Å². The van der Waals surface area contributed by atoms with Crippen molar-refractivity contribution in [3.8, 4) is 0 Å². The topological polar surface area (TPSA) is 71.1 Å². The van der Waals surface area contributed by atoms with E-state index in [0.29, 0.717) is 16.4 Å². The first-order valence-corrected chi connectivity index (χ1v) is 9.48. The minimum Gasteiger partial charge on any atom is -0.307 e. The summed E-state index contributed by atoms with van der Waals surface area (Å²) in [6.07, 6.45) is 5.70. The van der Waals surface area contributed by atoms with E-state index >= 15 is 0 Å². The molecule has 0 saturated heterocycles. The summed E-state index contributed by atoms with van der Waals surface area (Å²) in [5, 5.41) is 5.95. The van der Waals surface area contributed by atoms with Crippen molar-refractivity contribution >= 4 is 49.9 Å². The van der Waals surface area contributed by atoms with E-state index in [1.165, 1.54) is 11.3 Å². The fourth-order valence-electron chi connectivity index (χ4n) is 2.94. The van der Waals surface area contributed by atoms with E-state index in [-0.39, 0.29) is 11.7 Å². The van der Waals surface area contributed by atoms with Crippen LogP contribution in [0.3, 0.4) is 0 Å². The number of anilines is 2. The zero-order valence-corrected chi connectivity index (χ0v) is 15.7. The van der Waals surface area contributed by atoms with Gasteiger partial charge in [-0.15, -0.1) is 0 Å². The van der Waals surface area contributed by atoms with Gasteiger partial charge < -0.3 is 5.32 Å². The van der Waals surface area contributed by atoms with Crippen LogP contribution in [0.15, 0.2) is 28.2 Å². The highest BCUT2D eigenvalue weighted by atomic mass is 79.9. The number of carbonyl (C=O) groups excluding carboxylic acids is 2. The Balaban J connectivity index is 1.77. The Hall–Kier alpha value is -1.73. The van der Waals surface area contributed by atoms with Crippen LogP contribution in [-0.4, -0.2) is 16.8 Å². The molecule has 0 atom stereocenters. The SMILES string of the molecule is Cc1ccc(NC(=O)Nc2ncc(Br)s2)c(C(=O)C2CCCC2)c1. The molecule has 2 amide bonds. The van der Waals surface area contributed by atoms with Crippen LogP contribution in [0.25, 0.3) is 0 Å². The van der Waals surface area contributed by atoms with Crippen LogP contribution in [0.4, 0.5) is 15.6 Å².